The standard InChI is InChI=1S/C23H31N5O4/c1-28(22(32)19-5-3-2-4-17(19)8-11-21(30)31)15-20(29)26-14-16-6-9-18(10-7-16)27-23-24-12-13-25-23/h2-5,12-13,16,18H,6-11,14-15H2,1H3,(H,26,29)(H,30,31)(H2,24,25,27). The summed E-state index contributed by atoms with van der Waals surface area (Å²) in [6.07, 6.45) is 7.82. The number of aliphatic carboxylic acids is 1. The molecule has 4 N–H and O–H groups in total. The van der Waals surface area contributed by atoms with Crippen molar-refractivity contribution in [2.24, 2.45) is 5.92 Å². The number of aromatic nitrogens is 2. The number of nitrogens with zero attached hydrogens (tertiary/aromatic N) is 2. The molecule has 9 nitrogen and oxygen atoms in total. The monoisotopic (exact) mass is 441 g/mol. The van der Waals surface area contributed by atoms with E-state index < -0.39 is 5.97 Å². The molecule has 0 atom stereocenters. The van der Waals surface area contributed by atoms with Crippen LogP contribution in [0, 0.1) is 5.92 Å². The van der Waals surface area contributed by atoms with Crippen molar-refractivity contribution in [1.29, 1.82) is 0 Å². The number of carboxylic acids is 1. The van der Waals surface area contributed by atoms with Crippen LogP contribution in [0.5, 0.6) is 0 Å². The molecule has 1 fully saturated rings. The number of benzene rings is 1. The Hall–Kier alpha value is -3.36. The molecule has 0 radical (unpaired) electrons. The van der Waals surface area contributed by atoms with Crippen molar-refractivity contribution < 1.29 is 19.5 Å². The van der Waals surface area contributed by atoms with E-state index in [1.54, 1.807) is 43.7 Å². The Morgan fingerprint density at radius 3 is 2.62 bits per heavy atom. The lowest BCUT2D eigenvalue weighted by Gasteiger charge is -2.29. The molecule has 1 aliphatic rings. The van der Waals surface area contributed by atoms with Crippen molar-refractivity contribution in [3.05, 3.63) is 47.8 Å². The van der Waals surface area contributed by atoms with Gasteiger partial charge < -0.3 is 25.6 Å². The summed E-state index contributed by atoms with van der Waals surface area (Å²) in [5.41, 5.74) is 1.11. The smallest absolute Gasteiger partial charge is 0.303 e. The molecule has 2 aromatic rings. The molecule has 1 aromatic carbocycles. The van der Waals surface area contributed by atoms with E-state index in [2.05, 4.69) is 20.6 Å². The number of hydrogen-bond donors (Lipinski definition) is 4. The molecule has 9 heteroatoms. The van der Waals surface area contributed by atoms with Crippen molar-refractivity contribution in [2.75, 3.05) is 25.5 Å². The van der Waals surface area contributed by atoms with Crippen molar-refractivity contribution in [3.8, 4) is 0 Å². The number of amides is 2. The predicted octanol–water partition coefficient (Wildman–Crippen LogP) is 2.29. The third kappa shape index (κ3) is 6.83. The highest BCUT2D eigenvalue weighted by molar-refractivity contribution is 5.97. The van der Waals surface area contributed by atoms with Crippen LogP contribution in [0.2, 0.25) is 0 Å². The highest BCUT2D eigenvalue weighted by Gasteiger charge is 2.23. The summed E-state index contributed by atoms with van der Waals surface area (Å²) in [4.78, 5) is 44.7. The number of H-pyrrole nitrogens is 1. The van der Waals surface area contributed by atoms with Gasteiger partial charge in [0.1, 0.15) is 0 Å². The zero-order valence-corrected chi connectivity index (χ0v) is 18.3. The molecule has 2 amide bonds. The minimum absolute atomic E-state index is 0.0402. The Morgan fingerprint density at radius 2 is 1.94 bits per heavy atom. The van der Waals surface area contributed by atoms with E-state index in [-0.39, 0.29) is 31.2 Å². The molecule has 0 spiro atoms. The summed E-state index contributed by atoms with van der Waals surface area (Å²) in [7, 11) is 1.58. The summed E-state index contributed by atoms with van der Waals surface area (Å²) in [6, 6.07) is 7.32. The lowest BCUT2D eigenvalue weighted by atomic mass is 9.86. The quantitative estimate of drug-likeness (QED) is 0.448. The second-order valence-corrected chi connectivity index (χ2v) is 8.32. The van der Waals surface area contributed by atoms with Gasteiger partial charge in [-0.25, -0.2) is 4.98 Å². The lowest BCUT2D eigenvalue weighted by molar-refractivity contribution is -0.137. The second kappa shape index (κ2) is 11.3. The number of aryl methyl sites for hydroxylation is 1. The maximum atomic E-state index is 12.8. The Labute approximate surface area is 187 Å². The summed E-state index contributed by atoms with van der Waals surface area (Å²) in [5.74, 6) is -0.179. The first-order valence-electron chi connectivity index (χ1n) is 11.0. The van der Waals surface area contributed by atoms with E-state index in [9.17, 15) is 14.4 Å². The van der Waals surface area contributed by atoms with Gasteiger partial charge in [-0.15, -0.1) is 0 Å². The van der Waals surface area contributed by atoms with Crippen molar-refractivity contribution >= 4 is 23.7 Å². The van der Waals surface area contributed by atoms with E-state index in [1.165, 1.54) is 4.90 Å². The van der Waals surface area contributed by atoms with Crippen molar-refractivity contribution in [3.63, 3.8) is 0 Å². The molecular formula is C23H31N5O4. The van der Waals surface area contributed by atoms with Crippen LogP contribution in [-0.2, 0) is 16.0 Å². The third-order valence-electron chi connectivity index (χ3n) is 5.86. The number of nitrogens with one attached hydrogen (secondary N) is 3. The molecule has 1 heterocycles. The zero-order chi connectivity index (χ0) is 22.9. The number of imidazole rings is 1. The molecule has 0 bridgehead atoms. The fourth-order valence-corrected chi connectivity index (χ4v) is 4.04. The Kier molecular flexibility index (Phi) is 8.24. The Morgan fingerprint density at radius 1 is 1.19 bits per heavy atom. The number of aromatic amines is 1. The number of likely N-dealkylation sites (N-methyl/N-ethyl adjacent to an activating group) is 1. The summed E-state index contributed by atoms with van der Waals surface area (Å²) >= 11 is 0. The van der Waals surface area contributed by atoms with Crippen LogP contribution < -0.4 is 10.6 Å². The van der Waals surface area contributed by atoms with E-state index in [1.807, 2.05) is 0 Å². The molecule has 1 saturated carbocycles. The van der Waals surface area contributed by atoms with Crippen LogP contribution in [0.4, 0.5) is 5.95 Å². The Bertz CT molecular complexity index is 907. The maximum Gasteiger partial charge on any atom is 0.303 e. The number of carboxylic acid groups (broad SMARTS) is 1. The van der Waals surface area contributed by atoms with E-state index in [0.717, 1.165) is 31.6 Å². The fraction of sp³-hybridized carbons (Fsp3) is 0.478. The van der Waals surface area contributed by atoms with Gasteiger partial charge in [0.05, 0.1) is 6.54 Å². The van der Waals surface area contributed by atoms with Crippen LogP contribution in [0.1, 0.15) is 48.0 Å². The molecule has 0 saturated heterocycles. The zero-order valence-electron chi connectivity index (χ0n) is 18.3. The predicted molar refractivity (Wildman–Crippen MR) is 120 cm³/mol. The van der Waals surface area contributed by atoms with E-state index >= 15 is 0 Å². The molecule has 1 aliphatic carbocycles. The SMILES string of the molecule is CN(CC(=O)NCC1CCC(Nc2ncc[nH]2)CC1)C(=O)c1ccccc1CCC(=O)O. The van der Waals surface area contributed by atoms with Crippen LogP contribution in [0.15, 0.2) is 36.7 Å². The average molecular weight is 442 g/mol. The molecular weight excluding hydrogens is 410 g/mol. The average Bonchev–Trinajstić information content (AvgIpc) is 3.30. The van der Waals surface area contributed by atoms with Gasteiger partial charge in [-0.3, -0.25) is 14.4 Å². The highest BCUT2D eigenvalue weighted by Crippen LogP contribution is 2.25. The summed E-state index contributed by atoms with van der Waals surface area (Å²) < 4.78 is 0. The number of rotatable bonds is 10. The summed E-state index contributed by atoms with van der Waals surface area (Å²) in [6.45, 7) is 0.561. The number of carbonyl (C=O) groups is 3. The molecule has 32 heavy (non-hydrogen) atoms. The number of hydrogen-bond acceptors (Lipinski definition) is 5. The van der Waals surface area contributed by atoms with Crippen LogP contribution in [0.3, 0.4) is 0 Å². The summed E-state index contributed by atoms with van der Waals surface area (Å²) in [5, 5.41) is 15.3. The van der Waals surface area contributed by atoms with Gasteiger partial charge in [-0.2, -0.15) is 0 Å². The molecule has 1 aromatic heterocycles. The molecule has 0 unspecified atom stereocenters. The minimum Gasteiger partial charge on any atom is -0.481 e. The molecule has 3 rings (SSSR count). The number of anilines is 1. The minimum atomic E-state index is -0.911. The van der Waals surface area contributed by atoms with Gasteiger partial charge >= 0.3 is 5.97 Å². The van der Waals surface area contributed by atoms with Crippen molar-refractivity contribution in [1.82, 2.24) is 20.2 Å². The van der Waals surface area contributed by atoms with Gasteiger partial charge in [0.15, 0.2) is 5.95 Å². The first kappa shape index (κ1) is 23.3. The first-order valence-corrected chi connectivity index (χ1v) is 11.0. The molecule has 0 aliphatic heterocycles. The molecule has 172 valence electrons. The van der Waals surface area contributed by atoms with Gasteiger partial charge in [-0.1, -0.05) is 18.2 Å². The normalized spacial score (nSPS) is 18.0. The van der Waals surface area contributed by atoms with Crippen LogP contribution in [0.25, 0.3) is 0 Å². The first-order chi connectivity index (χ1) is 15.4. The number of carbonyl (C=O) groups excluding carboxylic acids is 2. The third-order valence-corrected chi connectivity index (χ3v) is 5.86. The largest absolute Gasteiger partial charge is 0.481 e. The van der Waals surface area contributed by atoms with Crippen LogP contribution >= 0.6 is 0 Å². The van der Waals surface area contributed by atoms with Gasteiger partial charge in [0.2, 0.25) is 5.91 Å². The fourth-order valence-electron chi connectivity index (χ4n) is 4.04. The second-order valence-electron chi connectivity index (χ2n) is 8.32. The van der Waals surface area contributed by atoms with Gasteiger partial charge in [0, 0.05) is 44.0 Å². The maximum absolute atomic E-state index is 12.8. The van der Waals surface area contributed by atoms with Gasteiger partial charge in [-0.05, 0) is 49.7 Å². The van der Waals surface area contributed by atoms with Crippen molar-refractivity contribution in [2.45, 2.75) is 44.6 Å². The highest BCUT2D eigenvalue weighted by atomic mass is 16.4. The van der Waals surface area contributed by atoms with Gasteiger partial charge in [0.25, 0.3) is 5.91 Å². The Balaban J connectivity index is 1.41. The topological polar surface area (TPSA) is 127 Å². The van der Waals surface area contributed by atoms with E-state index in [0.29, 0.717) is 29.6 Å². The lowest BCUT2D eigenvalue weighted by Crippen LogP contribution is -2.41. The van der Waals surface area contributed by atoms with E-state index in [4.69, 9.17) is 5.11 Å². The van der Waals surface area contributed by atoms with Crippen LogP contribution in [-0.4, -0.2) is 63.9 Å².